The number of benzene rings is 1. The van der Waals surface area contributed by atoms with Crippen LogP contribution in [0.25, 0.3) is 0 Å². The smallest absolute Gasteiger partial charge is 0.223 e. The molecule has 1 aliphatic carbocycles. The van der Waals surface area contributed by atoms with Crippen molar-refractivity contribution in [3.05, 3.63) is 46.5 Å². The summed E-state index contributed by atoms with van der Waals surface area (Å²) >= 11 is 1.48. The molecule has 1 heterocycles. The van der Waals surface area contributed by atoms with Gasteiger partial charge in [0, 0.05) is 24.9 Å². The molecule has 4 nitrogen and oxygen atoms in total. The Morgan fingerprint density at radius 2 is 2.29 bits per heavy atom. The van der Waals surface area contributed by atoms with Crippen molar-refractivity contribution in [3.63, 3.8) is 0 Å². The topological polar surface area (TPSA) is 45.2 Å². The first-order chi connectivity index (χ1) is 10.1. The molecular weight excluding hydrogens is 282 g/mol. The van der Waals surface area contributed by atoms with E-state index in [9.17, 15) is 4.79 Å². The second-order valence-corrected chi connectivity index (χ2v) is 6.35. The Labute approximate surface area is 128 Å². The first-order valence-corrected chi connectivity index (χ1v) is 8.01. The Balaban J connectivity index is 1.68. The zero-order chi connectivity index (χ0) is 14.8. The summed E-state index contributed by atoms with van der Waals surface area (Å²) in [7, 11) is 2.14. The number of anilines is 1. The summed E-state index contributed by atoms with van der Waals surface area (Å²) in [4.78, 5) is 17.8. The molecule has 1 atom stereocenters. The lowest BCUT2D eigenvalue weighted by Gasteiger charge is -2.24. The minimum Gasteiger partial charge on any atom is -0.302 e. The van der Waals surface area contributed by atoms with Gasteiger partial charge in [-0.1, -0.05) is 24.3 Å². The van der Waals surface area contributed by atoms with Crippen molar-refractivity contribution in [1.82, 2.24) is 9.88 Å². The minimum atomic E-state index is -0.0750. The van der Waals surface area contributed by atoms with E-state index in [1.807, 2.05) is 5.38 Å². The molecule has 21 heavy (non-hydrogen) atoms. The van der Waals surface area contributed by atoms with Crippen LogP contribution in [0.2, 0.25) is 0 Å². The molecule has 3 rings (SSSR count). The molecule has 0 radical (unpaired) electrons. The predicted molar refractivity (Wildman–Crippen MR) is 85.4 cm³/mol. The summed E-state index contributed by atoms with van der Waals surface area (Å²) in [5.41, 5.74) is 3.92. The van der Waals surface area contributed by atoms with Gasteiger partial charge in [-0.15, -0.1) is 11.3 Å². The molecule has 110 valence electrons. The maximum Gasteiger partial charge on any atom is 0.223 e. The van der Waals surface area contributed by atoms with E-state index < -0.39 is 0 Å². The van der Waals surface area contributed by atoms with Gasteiger partial charge < -0.3 is 5.32 Å². The molecule has 1 N–H and O–H groups in total. The van der Waals surface area contributed by atoms with Gasteiger partial charge in [0.25, 0.3) is 0 Å². The van der Waals surface area contributed by atoms with Crippen molar-refractivity contribution in [1.29, 1.82) is 0 Å². The van der Waals surface area contributed by atoms with Crippen molar-refractivity contribution in [3.8, 4) is 0 Å². The third-order valence-corrected chi connectivity index (χ3v) is 4.69. The Morgan fingerprint density at radius 3 is 3.10 bits per heavy atom. The SMILES string of the molecule is CC(=O)Nc1nc(CN(C)C2CCc3ccccc32)cs1. The average Bonchev–Trinajstić information content (AvgIpc) is 3.04. The lowest BCUT2D eigenvalue weighted by atomic mass is 10.1. The number of aryl methyl sites for hydroxylation is 1. The number of fused-ring (bicyclic) bond motifs is 1. The number of rotatable bonds is 4. The lowest BCUT2D eigenvalue weighted by molar-refractivity contribution is -0.114. The summed E-state index contributed by atoms with van der Waals surface area (Å²) in [5.74, 6) is -0.0750. The van der Waals surface area contributed by atoms with Crippen LogP contribution in [-0.2, 0) is 17.8 Å². The quantitative estimate of drug-likeness (QED) is 0.943. The van der Waals surface area contributed by atoms with Gasteiger partial charge in [0.2, 0.25) is 5.91 Å². The second kappa shape index (κ2) is 5.95. The van der Waals surface area contributed by atoms with Crippen LogP contribution in [0.4, 0.5) is 5.13 Å². The van der Waals surface area contributed by atoms with Gasteiger partial charge >= 0.3 is 0 Å². The highest BCUT2D eigenvalue weighted by Crippen LogP contribution is 2.35. The van der Waals surface area contributed by atoms with Gasteiger partial charge in [0.15, 0.2) is 5.13 Å². The molecule has 1 aromatic heterocycles. The van der Waals surface area contributed by atoms with Crippen molar-refractivity contribution >= 4 is 22.4 Å². The van der Waals surface area contributed by atoms with Gasteiger partial charge in [-0.25, -0.2) is 4.98 Å². The van der Waals surface area contributed by atoms with E-state index in [1.54, 1.807) is 0 Å². The normalized spacial score (nSPS) is 17.0. The molecule has 1 aliphatic rings. The number of carbonyl (C=O) groups excluding carboxylic acids is 1. The fourth-order valence-electron chi connectivity index (χ4n) is 2.95. The molecule has 1 amide bonds. The van der Waals surface area contributed by atoms with Crippen molar-refractivity contribution in [2.24, 2.45) is 0 Å². The Morgan fingerprint density at radius 1 is 1.48 bits per heavy atom. The van der Waals surface area contributed by atoms with Crippen LogP contribution in [0.5, 0.6) is 0 Å². The first-order valence-electron chi connectivity index (χ1n) is 7.13. The molecule has 0 aliphatic heterocycles. The van der Waals surface area contributed by atoms with E-state index in [-0.39, 0.29) is 5.91 Å². The monoisotopic (exact) mass is 301 g/mol. The highest BCUT2D eigenvalue weighted by atomic mass is 32.1. The van der Waals surface area contributed by atoms with Crippen LogP contribution in [0.3, 0.4) is 0 Å². The number of aromatic nitrogens is 1. The molecule has 0 bridgehead atoms. The standard InChI is InChI=1S/C16H19N3OS/c1-11(20)17-16-18-13(10-21-16)9-19(2)15-8-7-12-5-3-4-6-14(12)15/h3-6,10,15H,7-9H2,1-2H3,(H,17,18,20). The highest BCUT2D eigenvalue weighted by Gasteiger charge is 2.25. The Hall–Kier alpha value is -1.72. The summed E-state index contributed by atoms with van der Waals surface area (Å²) in [6.07, 6.45) is 2.32. The van der Waals surface area contributed by atoms with E-state index in [2.05, 4.69) is 46.5 Å². The molecule has 0 saturated heterocycles. The fourth-order valence-corrected chi connectivity index (χ4v) is 3.69. The number of amides is 1. The van der Waals surface area contributed by atoms with Gasteiger partial charge in [-0.2, -0.15) is 0 Å². The van der Waals surface area contributed by atoms with Crippen LogP contribution in [0.15, 0.2) is 29.6 Å². The summed E-state index contributed by atoms with van der Waals surface area (Å²) in [5, 5.41) is 5.43. The summed E-state index contributed by atoms with van der Waals surface area (Å²) in [6, 6.07) is 9.14. The van der Waals surface area contributed by atoms with Gasteiger partial charge in [-0.05, 0) is 31.0 Å². The van der Waals surface area contributed by atoms with E-state index in [0.717, 1.165) is 18.7 Å². The second-order valence-electron chi connectivity index (χ2n) is 5.49. The van der Waals surface area contributed by atoms with Crippen LogP contribution in [0, 0.1) is 0 Å². The van der Waals surface area contributed by atoms with Crippen LogP contribution < -0.4 is 5.32 Å². The Kier molecular flexibility index (Phi) is 4.03. The first kappa shape index (κ1) is 14.2. The molecule has 1 unspecified atom stereocenters. The third kappa shape index (κ3) is 3.14. The molecule has 2 aromatic rings. The molecule has 0 spiro atoms. The molecule has 0 fully saturated rings. The van der Waals surface area contributed by atoms with Crippen LogP contribution in [0.1, 0.15) is 36.2 Å². The molecular formula is C16H19N3OS. The molecule has 0 saturated carbocycles. The predicted octanol–water partition coefficient (Wildman–Crippen LogP) is 3.22. The van der Waals surface area contributed by atoms with Gasteiger partial charge in [0.05, 0.1) is 5.69 Å². The van der Waals surface area contributed by atoms with Crippen molar-refractivity contribution < 1.29 is 4.79 Å². The largest absolute Gasteiger partial charge is 0.302 e. The van der Waals surface area contributed by atoms with Crippen LogP contribution >= 0.6 is 11.3 Å². The van der Waals surface area contributed by atoms with Gasteiger partial charge in [-0.3, -0.25) is 9.69 Å². The van der Waals surface area contributed by atoms with Crippen molar-refractivity contribution in [2.45, 2.75) is 32.4 Å². The maximum absolute atomic E-state index is 11.0. The lowest BCUT2D eigenvalue weighted by Crippen LogP contribution is -2.22. The number of thiazole rings is 1. The van der Waals surface area contributed by atoms with Crippen LogP contribution in [-0.4, -0.2) is 22.8 Å². The molecule has 5 heteroatoms. The van der Waals surface area contributed by atoms with E-state index in [1.165, 1.54) is 35.8 Å². The fraction of sp³-hybridized carbons (Fsp3) is 0.375. The third-order valence-electron chi connectivity index (χ3n) is 3.88. The number of carbonyl (C=O) groups is 1. The highest BCUT2D eigenvalue weighted by molar-refractivity contribution is 7.13. The summed E-state index contributed by atoms with van der Waals surface area (Å²) in [6.45, 7) is 2.30. The molecule has 1 aromatic carbocycles. The zero-order valence-corrected chi connectivity index (χ0v) is 13.1. The number of hydrogen-bond acceptors (Lipinski definition) is 4. The Bertz CT molecular complexity index is 652. The maximum atomic E-state index is 11.0. The van der Waals surface area contributed by atoms with E-state index in [4.69, 9.17) is 0 Å². The summed E-state index contributed by atoms with van der Waals surface area (Å²) < 4.78 is 0. The van der Waals surface area contributed by atoms with E-state index in [0.29, 0.717) is 11.2 Å². The average molecular weight is 301 g/mol. The number of hydrogen-bond donors (Lipinski definition) is 1. The number of nitrogens with zero attached hydrogens (tertiary/aromatic N) is 2. The zero-order valence-electron chi connectivity index (χ0n) is 12.3. The number of nitrogens with one attached hydrogen (secondary N) is 1. The van der Waals surface area contributed by atoms with Crippen molar-refractivity contribution in [2.75, 3.05) is 12.4 Å². The minimum absolute atomic E-state index is 0.0750. The van der Waals surface area contributed by atoms with Gasteiger partial charge in [0.1, 0.15) is 0 Å². The van der Waals surface area contributed by atoms with E-state index >= 15 is 0 Å².